The van der Waals surface area contributed by atoms with Crippen LogP contribution in [-0.2, 0) is 0 Å². The van der Waals surface area contributed by atoms with Gasteiger partial charge in [0.25, 0.3) is 0 Å². The van der Waals surface area contributed by atoms with Crippen LogP contribution in [0, 0.1) is 20.8 Å². The molecule has 1 aliphatic heterocycles. The minimum atomic E-state index is -2.23. The summed E-state index contributed by atoms with van der Waals surface area (Å²) < 4.78 is 6.60. The van der Waals surface area contributed by atoms with E-state index in [1.54, 1.807) is 0 Å². The Morgan fingerprint density at radius 2 is 0.942 bits per heavy atom. The molecule has 0 aliphatic carbocycles. The van der Waals surface area contributed by atoms with Crippen molar-refractivity contribution >= 4 is 107 Å². The average molecular weight is 903 g/mol. The zero-order valence-electron chi connectivity index (χ0n) is 39.5. The minimum absolute atomic E-state index is 0.877. The van der Waals surface area contributed by atoms with Crippen molar-refractivity contribution < 1.29 is 4.42 Å². The molecule has 0 fully saturated rings. The van der Waals surface area contributed by atoms with Crippen molar-refractivity contribution in [2.45, 2.75) is 33.9 Å². The van der Waals surface area contributed by atoms with Crippen LogP contribution >= 0.6 is 0 Å². The van der Waals surface area contributed by atoms with Gasteiger partial charge in [-0.2, -0.15) is 0 Å². The fourth-order valence-electron chi connectivity index (χ4n) is 11.8. The molecule has 330 valence electrons. The maximum Gasteiger partial charge on any atom is 0.159 e. The van der Waals surface area contributed by atoms with E-state index in [2.05, 4.69) is 250 Å². The number of furan rings is 1. The number of anilines is 6. The summed E-state index contributed by atoms with van der Waals surface area (Å²) in [7, 11) is -2.23. The Kier molecular flexibility index (Phi) is 9.34. The lowest BCUT2D eigenvalue weighted by molar-refractivity contribution is 0.669. The third-order valence-corrected chi connectivity index (χ3v) is 18.4. The topological polar surface area (TPSA) is 19.6 Å². The molecule has 0 saturated heterocycles. The molecule has 0 N–H and O–H groups in total. The molecule has 0 bridgehead atoms. The summed E-state index contributed by atoms with van der Waals surface area (Å²) in [6.45, 7) is 11.8. The van der Waals surface area contributed by atoms with Crippen LogP contribution in [0.15, 0.2) is 217 Å². The number of aryl methyl sites for hydroxylation is 3. The molecular weight excluding hydrogens is 853 g/mol. The van der Waals surface area contributed by atoms with Crippen LogP contribution in [0.3, 0.4) is 0 Å². The first kappa shape index (κ1) is 41.0. The molecule has 2 heterocycles. The Morgan fingerprint density at radius 3 is 1.68 bits per heavy atom. The largest absolute Gasteiger partial charge is 0.454 e. The van der Waals surface area contributed by atoms with E-state index in [9.17, 15) is 0 Å². The van der Waals surface area contributed by atoms with E-state index in [0.717, 1.165) is 39.0 Å². The van der Waals surface area contributed by atoms with Gasteiger partial charge in [-0.1, -0.05) is 158 Å². The van der Waals surface area contributed by atoms with Crippen LogP contribution in [0.2, 0.25) is 13.1 Å². The third-order valence-electron chi connectivity index (χ3n) is 14.8. The van der Waals surface area contributed by atoms with E-state index in [-0.39, 0.29) is 0 Å². The Morgan fingerprint density at radius 1 is 0.377 bits per heavy atom. The highest BCUT2D eigenvalue weighted by Crippen LogP contribution is 2.47. The number of para-hydroxylation sites is 4. The van der Waals surface area contributed by atoms with Crippen molar-refractivity contribution in [1.29, 1.82) is 0 Å². The molecule has 0 saturated carbocycles. The second-order valence-corrected chi connectivity index (χ2v) is 23.8. The van der Waals surface area contributed by atoms with E-state index >= 15 is 0 Å². The highest BCUT2D eigenvalue weighted by molar-refractivity contribution is 7.03. The van der Waals surface area contributed by atoms with E-state index in [4.69, 9.17) is 4.42 Å². The molecule has 0 unspecified atom stereocenters. The fraction of sp³-hybridized carbons (Fsp3) is 0.0769. The Labute approximate surface area is 404 Å². The van der Waals surface area contributed by atoms with E-state index in [0.29, 0.717) is 0 Å². The number of hydrogen-bond donors (Lipinski definition) is 0. The van der Waals surface area contributed by atoms with Gasteiger partial charge in [0.15, 0.2) is 5.58 Å². The standard InChI is InChI=1S/C65H50N2OSi/c1-41-36-42(2)64(43(3)37-41)67(46-20-10-7-11-21-46)48-34-35-52-58-40-56-50-23-13-12-22-49(50)55(39-57(56)53-25-17-29-61(63(53)58)69(4,5)62(52)38-48)44-30-32-47(33-31-44)66(45-18-8-6-9-19-45)59-27-16-26-54-51-24-14-15-28-60(51)68-65(54)59/h6-40H,1-5H3. The molecule has 1 aliphatic rings. The van der Waals surface area contributed by atoms with Gasteiger partial charge in [0, 0.05) is 33.5 Å². The Bertz CT molecular complexity index is 4000. The second-order valence-electron chi connectivity index (χ2n) is 19.5. The minimum Gasteiger partial charge on any atom is -0.454 e. The van der Waals surface area contributed by atoms with Gasteiger partial charge < -0.3 is 14.2 Å². The SMILES string of the molecule is Cc1cc(C)c(N(c2ccccc2)c2ccc3c(c2)[Si](C)(C)c2cccc4c2c-3cc2c3ccccc3c(-c3ccc(N(c5ccccc5)c5cccc6c5oc5ccccc56)cc3)cc42)c(C)c1. The zero-order chi connectivity index (χ0) is 46.5. The quantitative estimate of drug-likeness (QED) is 0.117. The number of benzene rings is 11. The van der Waals surface area contributed by atoms with Gasteiger partial charge in [-0.25, -0.2) is 0 Å². The van der Waals surface area contributed by atoms with Crippen molar-refractivity contribution in [2.75, 3.05) is 9.80 Å². The summed E-state index contributed by atoms with van der Waals surface area (Å²) >= 11 is 0. The van der Waals surface area contributed by atoms with Crippen LogP contribution in [0.5, 0.6) is 0 Å². The smallest absolute Gasteiger partial charge is 0.159 e. The Balaban J connectivity index is 0.970. The summed E-state index contributed by atoms with van der Waals surface area (Å²) in [5.74, 6) is 0. The zero-order valence-corrected chi connectivity index (χ0v) is 40.5. The van der Waals surface area contributed by atoms with E-state index in [1.165, 1.54) is 98.7 Å². The lowest BCUT2D eigenvalue weighted by Crippen LogP contribution is -2.56. The number of fused-ring (bicyclic) bond motifs is 9. The van der Waals surface area contributed by atoms with Gasteiger partial charge in [0.1, 0.15) is 13.7 Å². The number of rotatable bonds is 7. The molecule has 4 heteroatoms. The van der Waals surface area contributed by atoms with Crippen molar-refractivity contribution in [2.24, 2.45) is 0 Å². The van der Waals surface area contributed by atoms with Crippen LogP contribution in [-0.4, -0.2) is 8.07 Å². The Hall–Kier alpha value is -8.18. The second kappa shape index (κ2) is 15.7. The van der Waals surface area contributed by atoms with Gasteiger partial charge in [-0.3, -0.25) is 0 Å². The van der Waals surface area contributed by atoms with Crippen molar-refractivity contribution in [3.63, 3.8) is 0 Å². The highest BCUT2D eigenvalue weighted by atomic mass is 28.3. The predicted molar refractivity (Wildman–Crippen MR) is 297 cm³/mol. The summed E-state index contributed by atoms with van der Waals surface area (Å²) in [5.41, 5.74) is 17.5. The number of hydrogen-bond acceptors (Lipinski definition) is 3. The molecule has 69 heavy (non-hydrogen) atoms. The average Bonchev–Trinajstić information content (AvgIpc) is 3.77. The van der Waals surface area contributed by atoms with E-state index in [1.807, 2.05) is 6.07 Å². The molecular formula is C65H50N2OSi. The van der Waals surface area contributed by atoms with Crippen LogP contribution < -0.4 is 20.2 Å². The summed E-state index contributed by atoms with van der Waals surface area (Å²) in [5, 5.41) is 13.0. The molecule has 0 atom stereocenters. The summed E-state index contributed by atoms with van der Waals surface area (Å²) in [6.07, 6.45) is 0. The summed E-state index contributed by atoms with van der Waals surface area (Å²) in [4.78, 5) is 4.80. The monoisotopic (exact) mass is 902 g/mol. The molecule has 0 amide bonds. The molecule has 0 radical (unpaired) electrons. The highest BCUT2D eigenvalue weighted by Gasteiger charge is 2.37. The van der Waals surface area contributed by atoms with Crippen LogP contribution in [0.4, 0.5) is 34.1 Å². The predicted octanol–water partition coefficient (Wildman–Crippen LogP) is 17.4. The number of nitrogens with zero attached hydrogens (tertiary/aromatic N) is 2. The maximum atomic E-state index is 6.60. The van der Waals surface area contributed by atoms with Crippen LogP contribution in [0.1, 0.15) is 16.7 Å². The molecule has 0 spiro atoms. The molecule has 3 nitrogen and oxygen atoms in total. The van der Waals surface area contributed by atoms with Crippen LogP contribution in [0.25, 0.3) is 76.5 Å². The fourth-order valence-corrected chi connectivity index (χ4v) is 14.9. The first-order valence-corrected chi connectivity index (χ1v) is 27.1. The van der Waals surface area contributed by atoms with E-state index < -0.39 is 8.07 Å². The van der Waals surface area contributed by atoms with Crippen molar-refractivity contribution in [3.8, 4) is 22.3 Å². The van der Waals surface area contributed by atoms with Crippen molar-refractivity contribution in [1.82, 2.24) is 0 Å². The molecule has 1 aromatic heterocycles. The van der Waals surface area contributed by atoms with Gasteiger partial charge >= 0.3 is 0 Å². The van der Waals surface area contributed by atoms with Gasteiger partial charge in [-0.15, -0.1) is 0 Å². The van der Waals surface area contributed by atoms with Gasteiger partial charge in [0.05, 0.1) is 11.4 Å². The maximum absolute atomic E-state index is 6.60. The molecule has 13 rings (SSSR count). The molecule has 11 aromatic carbocycles. The lowest BCUT2D eigenvalue weighted by atomic mass is 9.87. The molecule has 12 aromatic rings. The van der Waals surface area contributed by atoms with Crippen molar-refractivity contribution in [3.05, 3.63) is 229 Å². The summed E-state index contributed by atoms with van der Waals surface area (Å²) in [6, 6.07) is 78.4. The third kappa shape index (κ3) is 6.40. The van der Waals surface area contributed by atoms with Gasteiger partial charge in [0.2, 0.25) is 0 Å². The first-order chi connectivity index (χ1) is 33.7. The first-order valence-electron chi connectivity index (χ1n) is 24.1. The lowest BCUT2D eigenvalue weighted by Gasteiger charge is -2.36. The van der Waals surface area contributed by atoms with Gasteiger partial charge in [-0.05, 0) is 170 Å². The normalized spacial score (nSPS) is 12.8.